The van der Waals surface area contributed by atoms with Gasteiger partial charge in [-0.3, -0.25) is 0 Å². The number of benzene rings is 1. The highest BCUT2D eigenvalue weighted by molar-refractivity contribution is 6.53. The van der Waals surface area contributed by atoms with Gasteiger partial charge in [-0.05, 0) is 75.0 Å². The van der Waals surface area contributed by atoms with Crippen LogP contribution in [0.3, 0.4) is 0 Å². The van der Waals surface area contributed by atoms with Crippen LogP contribution in [0.25, 0.3) is 0 Å². The van der Waals surface area contributed by atoms with Gasteiger partial charge in [-0.15, -0.1) is 6.58 Å². The fraction of sp³-hybridized carbons (Fsp3) is 0.643. The van der Waals surface area contributed by atoms with Crippen molar-refractivity contribution in [2.24, 2.45) is 23.7 Å². The molecule has 2 fully saturated rings. The lowest BCUT2D eigenvalue weighted by Gasteiger charge is -2.37. The number of hydrogen-bond acceptors (Lipinski definition) is 0. The Hall–Kier alpha value is -1.08. The van der Waals surface area contributed by atoms with Gasteiger partial charge < -0.3 is 0 Å². The predicted octanol–water partition coefficient (Wildman–Crippen LogP) is 7.20. The molecule has 0 radical (unpaired) electrons. The second kappa shape index (κ2) is 13.3. The highest BCUT2D eigenvalue weighted by Crippen LogP contribution is 2.42. The van der Waals surface area contributed by atoms with Crippen molar-refractivity contribution < 1.29 is 0 Å². The van der Waals surface area contributed by atoms with Crippen molar-refractivity contribution in [3.8, 4) is 0 Å². The summed E-state index contributed by atoms with van der Waals surface area (Å²) >= 11 is 0. The number of hydrogen-bond donors (Lipinski definition) is 0. The molecule has 0 unspecified atom stereocenters. The second-order valence-corrected chi connectivity index (χ2v) is 11.9. The van der Waals surface area contributed by atoms with E-state index in [0.717, 1.165) is 30.1 Å². The van der Waals surface area contributed by atoms with E-state index in [1.165, 1.54) is 83.1 Å². The predicted molar refractivity (Wildman–Crippen MR) is 133 cm³/mol. The monoisotopic (exact) mass is 408 g/mol. The first-order chi connectivity index (χ1) is 14.3. The van der Waals surface area contributed by atoms with Gasteiger partial charge in [-0.2, -0.15) is 0 Å². The van der Waals surface area contributed by atoms with E-state index in [2.05, 4.69) is 49.1 Å². The van der Waals surface area contributed by atoms with E-state index in [4.69, 9.17) is 0 Å². The molecule has 0 spiro atoms. The minimum Gasteiger partial charge on any atom is -0.103 e. The summed E-state index contributed by atoms with van der Waals surface area (Å²) in [6.45, 7) is 3.82. The van der Waals surface area contributed by atoms with Crippen LogP contribution < -0.4 is 5.19 Å². The van der Waals surface area contributed by atoms with Crippen LogP contribution in [0.4, 0.5) is 0 Å². The van der Waals surface area contributed by atoms with Crippen molar-refractivity contribution in [2.45, 2.75) is 89.5 Å². The molecule has 0 N–H and O–H groups in total. The molecule has 1 heteroatoms. The summed E-state index contributed by atoms with van der Waals surface area (Å²) in [6, 6.07) is 12.7. The molecule has 0 bridgehead atoms. The van der Waals surface area contributed by atoms with Gasteiger partial charge in [0.1, 0.15) is 0 Å². The maximum absolute atomic E-state index is 3.82. The lowest BCUT2D eigenvalue weighted by molar-refractivity contribution is 0.151. The minimum absolute atomic E-state index is 0.00426. The van der Waals surface area contributed by atoms with Gasteiger partial charge in [-0.1, -0.05) is 91.9 Å². The van der Waals surface area contributed by atoms with Gasteiger partial charge in [0, 0.05) is 0 Å². The zero-order chi connectivity index (χ0) is 20.2. The average molecular weight is 409 g/mol. The number of rotatable bonds is 11. The molecule has 0 nitrogen and oxygen atoms in total. The van der Waals surface area contributed by atoms with Crippen molar-refractivity contribution in [1.82, 2.24) is 0 Å². The zero-order valence-electron chi connectivity index (χ0n) is 18.7. The van der Waals surface area contributed by atoms with Crippen LogP contribution in [-0.2, 0) is 0 Å². The van der Waals surface area contributed by atoms with Gasteiger partial charge in [0.15, 0.2) is 0 Å². The first-order valence-electron chi connectivity index (χ1n) is 12.7. The molecular formula is C28H44Si. The van der Waals surface area contributed by atoms with Gasteiger partial charge in [0.25, 0.3) is 0 Å². The third kappa shape index (κ3) is 8.28. The van der Waals surface area contributed by atoms with E-state index in [9.17, 15) is 0 Å². The van der Waals surface area contributed by atoms with Crippen LogP contribution in [0.1, 0.15) is 83.5 Å². The average Bonchev–Trinajstić information content (AvgIpc) is 2.78. The normalized spacial score (nSPS) is 28.3. The Bertz CT molecular complexity index is 574. The van der Waals surface area contributed by atoms with Crippen molar-refractivity contribution >= 4 is 14.7 Å². The Labute approximate surface area is 183 Å². The molecule has 0 aliphatic heterocycles. The minimum atomic E-state index is -0.00426. The molecule has 29 heavy (non-hydrogen) atoms. The third-order valence-electron chi connectivity index (χ3n) is 7.74. The van der Waals surface area contributed by atoms with Crippen LogP contribution in [0.2, 0.25) is 6.04 Å². The quantitative estimate of drug-likeness (QED) is 0.206. The van der Waals surface area contributed by atoms with Crippen LogP contribution in [0.15, 0.2) is 55.1 Å². The molecule has 0 aromatic heterocycles. The van der Waals surface area contributed by atoms with E-state index >= 15 is 0 Å². The molecule has 1 aromatic rings. The summed E-state index contributed by atoms with van der Waals surface area (Å²) in [5, 5.41) is 1.65. The molecule has 160 valence electrons. The van der Waals surface area contributed by atoms with Crippen molar-refractivity contribution in [2.75, 3.05) is 0 Å². The number of allylic oxidation sites excluding steroid dienone is 3. The highest BCUT2D eigenvalue weighted by Gasteiger charge is 2.30. The van der Waals surface area contributed by atoms with E-state index in [0.29, 0.717) is 0 Å². The Balaban J connectivity index is 1.23. The summed E-state index contributed by atoms with van der Waals surface area (Å²) < 4.78 is 0. The molecule has 1 aromatic carbocycles. The van der Waals surface area contributed by atoms with E-state index in [-0.39, 0.29) is 9.52 Å². The molecule has 0 amide bonds. The first kappa shape index (κ1) is 22.6. The van der Waals surface area contributed by atoms with Crippen LogP contribution in [-0.4, -0.2) is 9.52 Å². The lowest BCUT2D eigenvalue weighted by Crippen LogP contribution is -2.25. The fourth-order valence-corrected chi connectivity index (χ4v) is 7.46. The second-order valence-electron chi connectivity index (χ2n) is 9.83. The standard InChI is InChI=1S/C28H44Si/c1-2-3-4-6-11-24-15-19-26(20-16-24)27-21-17-25(18-22-27)12-9-10-23-29-28-13-7-5-8-14-28/h2,5-8,11,13-14,24-27H,1,3-4,9-10,12,15-23,29H2. The van der Waals surface area contributed by atoms with E-state index in [1.807, 2.05) is 6.08 Å². The van der Waals surface area contributed by atoms with E-state index < -0.39 is 0 Å². The summed E-state index contributed by atoms with van der Waals surface area (Å²) in [7, 11) is -0.00426. The van der Waals surface area contributed by atoms with Gasteiger partial charge in [0.05, 0.1) is 9.52 Å². The maximum Gasteiger partial charge on any atom is 0.0547 e. The van der Waals surface area contributed by atoms with Crippen molar-refractivity contribution in [3.63, 3.8) is 0 Å². The SMILES string of the molecule is C=CCCC=CC1CCC(C2CCC(CCCC[SiH2]c3ccccc3)CC2)CC1. The van der Waals surface area contributed by atoms with Crippen molar-refractivity contribution in [3.05, 3.63) is 55.1 Å². The summed E-state index contributed by atoms with van der Waals surface area (Å²) in [6.07, 6.45) is 25.7. The van der Waals surface area contributed by atoms with Gasteiger partial charge >= 0.3 is 0 Å². The first-order valence-corrected chi connectivity index (χ1v) is 14.4. The Morgan fingerprint density at radius 1 is 0.828 bits per heavy atom. The summed E-state index contributed by atoms with van der Waals surface area (Å²) in [4.78, 5) is 0. The Morgan fingerprint density at radius 2 is 1.52 bits per heavy atom. The van der Waals surface area contributed by atoms with Crippen LogP contribution in [0.5, 0.6) is 0 Å². The molecule has 3 rings (SSSR count). The van der Waals surface area contributed by atoms with Gasteiger partial charge in [0.2, 0.25) is 0 Å². The topological polar surface area (TPSA) is 0 Å². The molecule has 0 atom stereocenters. The molecule has 2 aliphatic carbocycles. The van der Waals surface area contributed by atoms with E-state index in [1.54, 1.807) is 5.19 Å². The zero-order valence-corrected chi connectivity index (χ0v) is 20.2. The summed E-state index contributed by atoms with van der Waals surface area (Å²) in [5.74, 6) is 4.02. The van der Waals surface area contributed by atoms with Gasteiger partial charge in [-0.25, -0.2) is 0 Å². The Morgan fingerprint density at radius 3 is 2.21 bits per heavy atom. The summed E-state index contributed by atoms with van der Waals surface area (Å²) in [5.41, 5.74) is 0. The molecular weight excluding hydrogens is 364 g/mol. The largest absolute Gasteiger partial charge is 0.103 e. The van der Waals surface area contributed by atoms with Crippen molar-refractivity contribution in [1.29, 1.82) is 0 Å². The molecule has 2 saturated carbocycles. The third-order valence-corrected chi connectivity index (χ3v) is 9.64. The maximum atomic E-state index is 3.82. The number of unbranched alkanes of at least 4 members (excludes halogenated alkanes) is 2. The van der Waals surface area contributed by atoms with Crippen LogP contribution >= 0.6 is 0 Å². The smallest absolute Gasteiger partial charge is 0.0547 e. The highest BCUT2D eigenvalue weighted by atomic mass is 28.2. The van der Waals surface area contributed by atoms with Crippen LogP contribution in [0, 0.1) is 23.7 Å². The molecule has 2 aliphatic rings. The Kier molecular flexibility index (Phi) is 10.3. The lowest BCUT2D eigenvalue weighted by atomic mass is 9.68. The fourth-order valence-electron chi connectivity index (χ4n) is 5.84. The molecule has 0 saturated heterocycles. The molecule has 0 heterocycles.